The average molecular weight is 483 g/mol. The Labute approximate surface area is 198 Å². The second-order valence-corrected chi connectivity index (χ2v) is 8.73. The van der Waals surface area contributed by atoms with Crippen LogP contribution in [-0.4, -0.2) is 70.6 Å². The molecule has 0 aromatic heterocycles. The Bertz CT molecular complexity index is 805. The van der Waals surface area contributed by atoms with Crippen molar-refractivity contribution < 1.29 is 29.4 Å². The van der Waals surface area contributed by atoms with E-state index in [-0.39, 0.29) is 31.1 Å². The molecule has 7 N–H and O–H groups in total. The Hall–Kier alpha value is -2.79. The van der Waals surface area contributed by atoms with E-state index in [1.165, 1.54) is 23.9 Å². The first kappa shape index (κ1) is 28.2. The smallest absolute Gasteiger partial charge is 0.326 e. The van der Waals surface area contributed by atoms with E-state index >= 15 is 0 Å². The van der Waals surface area contributed by atoms with Crippen molar-refractivity contribution in [2.75, 3.05) is 18.6 Å². The van der Waals surface area contributed by atoms with Gasteiger partial charge in [0.15, 0.2) is 0 Å². The molecule has 1 aromatic rings. The number of amides is 3. The third-order valence-corrected chi connectivity index (χ3v) is 5.88. The first-order valence-corrected chi connectivity index (χ1v) is 12.1. The highest BCUT2D eigenvalue weighted by Crippen LogP contribution is 2.13. The van der Waals surface area contributed by atoms with Crippen LogP contribution in [0.15, 0.2) is 24.3 Å². The molecule has 4 unspecified atom stereocenters. The number of carbonyl (C=O) groups excluding carboxylic acids is 3. The van der Waals surface area contributed by atoms with Gasteiger partial charge in [-0.3, -0.25) is 14.4 Å². The standard InChI is InChI=1S/C22H34N4O6S/c1-4-13(2)19(22(31)32)26-20(29)16(9-10-33-3)25-21(30)17(24-18(28)12-23)11-14-5-7-15(27)8-6-14/h5-8,13,16-17,19,27H,4,9-12,23H2,1-3H3,(H,24,28)(H,25,30)(H,26,29)(H,31,32). The molecule has 184 valence electrons. The Balaban J connectivity index is 3.03. The summed E-state index contributed by atoms with van der Waals surface area (Å²) in [5, 5.41) is 26.7. The van der Waals surface area contributed by atoms with Gasteiger partial charge in [-0.05, 0) is 42.0 Å². The van der Waals surface area contributed by atoms with Crippen molar-refractivity contribution in [3.8, 4) is 5.75 Å². The van der Waals surface area contributed by atoms with Gasteiger partial charge >= 0.3 is 5.97 Å². The molecule has 10 nitrogen and oxygen atoms in total. The van der Waals surface area contributed by atoms with Crippen molar-refractivity contribution in [3.63, 3.8) is 0 Å². The lowest BCUT2D eigenvalue weighted by Crippen LogP contribution is -2.57. The summed E-state index contributed by atoms with van der Waals surface area (Å²) in [7, 11) is 0. The SMILES string of the molecule is CCC(C)C(NC(=O)C(CCSC)NC(=O)C(Cc1ccc(O)cc1)NC(=O)CN)C(=O)O. The Morgan fingerprint density at radius 3 is 2.15 bits per heavy atom. The van der Waals surface area contributed by atoms with E-state index in [1.54, 1.807) is 19.1 Å². The summed E-state index contributed by atoms with van der Waals surface area (Å²) in [4.78, 5) is 49.4. The first-order valence-electron chi connectivity index (χ1n) is 10.7. The molecule has 3 amide bonds. The summed E-state index contributed by atoms with van der Waals surface area (Å²) < 4.78 is 0. The zero-order valence-electron chi connectivity index (χ0n) is 19.2. The zero-order valence-corrected chi connectivity index (χ0v) is 20.0. The van der Waals surface area contributed by atoms with Crippen LogP contribution in [0.25, 0.3) is 0 Å². The summed E-state index contributed by atoms with van der Waals surface area (Å²) in [6.45, 7) is 3.24. The van der Waals surface area contributed by atoms with E-state index < -0.39 is 41.8 Å². The molecule has 1 aromatic carbocycles. The van der Waals surface area contributed by atoms with E-state index in [9.17, 15) is 29.4 Å². The van der Waals surface area contributed by atoms with E-state index in [4.69, 9.17) is 5.73 Å². The van der Waals surface area contributed by atoms with Crippen LogP contribution in [0.2, 0.25) is 0 Å². The van der Waals surface area contributed by atoms with Crippen LogP contribution in [0.1, 0.15) is 32.3 Å². The number of rotatable bonds is 14. The second kappa shape index (κ2) is 14.4. The molecular formula is C22H34N4O6S. The molecule has 4 atom stereocenters. The molecule has 11 heteroatoms. The number of hydrogen-bond acceptors (Lipinski definition) is 7. The zero-order chi connectivity index (χ0) is 25.0. The van der Waals surface area contributed by atoms with Crippen LogP contribution in [0.5, 0.6) is 5.75 Å². The number of carboxylic acids is 1. The van der Waals surface area contributed by atoms with Gasteiger partial charge in [-0.15, -0.1) is 0 Å². The molecule has 0 fully saturated rings. The normalized spacial score (nSPS) is 14.4. The fourth-order valence-corrected chi connectivity index (χ4v) is 3.52. The van der Waals surface area contributed by atoms with Crippen LogP contribution in [0.4, 0.5) is 0 Å². The highest BCUT2D eigenvalue weighted by Gasteiger charge is 2.31. The number of hydrogen-bond donors (Lipinski definition) is 6. The van der Waals surface area contributed by atoms with Crippen molar-refractivity contribution in [3.05, 3.63) is 29.8 Å². The van der Waals surface area contributed by atoms with Gasteiger partial charge < -0.3 is 31.9 Å². The van der Waals surface area contributed by atoms with E-state index in [0.717, 1.165) is 0 Å². The number of nitrogens with two attached hydrogens (primary N) is 1. The number of aromatic hydroxyl groups is 1. The maximum Gasteiger partial charge on any atom is 0.326 e. The third kappa shape index (κ3) is 9.70. The quantitative estimate of drug-likeness (QED) is 0.219. The van der Waals surface area contributed by atoms with Crippen molar-refractivity contribution in [1.29, 1.82) is 0 Å². The van der Waals surface area contributed by atoms with Gasteiger partial charge in [0, 0.05) is 6.42 Å². The van der Waals surface area contributed by atoms with Crippen LogP contribution in [-0.2, 0) is 25.6 Å². The van der Waals surface area contributed by atoms with Crippen molar-refractivity contribution in [1.82, 2.24) is 16.0 Å². The number of phenols is 1. The fraction of sp³-hybridized carbons (Fsp3) is 0.545. The number of benzene rings is 1. The second-order valence-electron chi connectivity index (χ2n) is 7.75. The minimum Gasteiger partial charge on any atom is -0.508 e. The molecule has 33 heavy (non-hydrogen) atoms. The largest absolute Gasteiger partial charge is 0.508 e. The minimum atomic E-state index is -1.15. The molecule has 0 heterocycles. The van der Waals surface area contributed by atoms with Gasteiger partial charge in [0.2, 0.25) is 17.7 Å². The Morgan fingerprint density at radius 2 is 1.64 bits per heavy atom. The molecule has 0 bridgehead atoms. The fourth-order valence-electron chi connectivity index (χ4n) is 3.04. The van der Waals surface area contributed by atoms with Crippen LogP contribution < -0.4 is 21.7 Å². The lowest BCUT2D eigenvalue weighted by Gasteiger charge is -2.26. The number of aliphatic carboxylic acids is 1. The maximum atomic E-state index is 13.0. The minimum absolute atomic E-state index is 0.0637. The lowest BCUT2D eigenvalue weighted by molar-refractivity contribution is -0.143. The summed E-state index contributed by atoms with van der Waals surface area (Å²) >= 11 is 1.48. The molecule has 1 rings (SSSR count). The lowest BCUT2D eigenvalue weighted by atomic mass is 9.98. The molecule has 0 aliphatic heterocycles. The summed E-state index contributed by atoms with van der Waals surface area (Å²) in [5.74, 6) is -2.56. The van der Waals surface area contributed by atoms with Crippen molar-refractivity contribution >= 4 is 35.5 Å². The van der Waals surface area contributed by atoms with Gasteiger partial charge in [0.25, 0.3) is 0 Å². The van der Waals surface area contributed by atoms with Crippen molar-refractivity contribution in [2.45, 2.75) is 51.2 Å². The number of nitrogens with one attached hydrogen (secondary N) is 3. The number of phenolic OH excluding ortho intramolecular Hbond substituents is 1. The number of thioether (sulfide) groups is 1. The molecule has 0 radical (unpaired) electrons. The predicted molar refractivity (Wildman–Crippen MR) is 127 cm³/mol. The Kier molecular flexibility index (Phi) is 12.3. The first-order chi connectivity index (χ1) is 15.6. The summed E-state index contributed by atoms with van der Waals surface area (Å²) in [6.07, 6.45) is 2.80. The average Bonchev–Trinajstić information content (AvgIpc) is 2.79. The van der Waals surface area contributed by atoms with E-state index in [2.05, 4.69) is 16.0 Å². The highest BCUT2D eigenvalue weighted by atomic mass is 32.2. The maximum absolute atomic E-state index is 13.0. The van der Waals surface area contributed by atoms with Gasteiger partial charge in [-0.1, -0.05) is 32.4 Å². The van der Waals surface area contributed by atoms with Gasteiger partial charge in [-0.2, -0.15) is 11.8 Å². The van der Waals surface area contributed by atoms with Crippen LogP contribution in [0, 0.1) is 5.92 Å². The van der Waals surface area contributed by atoms with Crippen molar-refractivity contribution in [2.24, 2.45) is 11.7 Å². The summed E-state index contributed by atoms with van der Waals surface area (Å²) in [6, 6.07) is 3.08. The Morgan fingerprint density at radius 1 is 1.03 bits per heavy atom. The monoisotopic (exact) mass is 482 g/mol. The molecule has 0 saturated carbocycles. The van der Waals surface area contributed by atoms with E-state index in [1.807, 2.05) is 13.2 Å². The highest BCUT2D eigenvalue weighted by molar-refractivity contribution is 7.98. The number of carboxylic acid groups (broad SMARTS) is 1. The van der Waals surface area contributed by atoms with E-state index in [0.29, 0.717) is 17.7 Å². The third-order valence-electron chi connectivity index (χ3n) is 5.23. The molecule has 0 spiro atoms. The van der Waals surface area contributed by atoms with Gasteiger partial charge in [-0.25, -0.2) is 4.79 Å². The molecular weight excluding hydrogens is 448 g/mol. The number of carbonyl (C=O) groups is 4. The van der Waals surface area contributed by atoms with Gasteiger partial charge in [0.1, 0.15) is 23.9 Å². The molecule has 0 saturated heterocycles. The summed E-state index contributed by atoms with van der Waals surface area (Å²) in [5.41, 5.74) is 6.05. The van der Waals surface area contributed by atoms with Gasteiger partial charge in [0.05, 0.1) is 6.54 Å². The van der Waals surface area contributed by atoms with Crippen LogP contribution >= 0.6 is 11.8 Å². The molecule has 0 aliphatic carbocycles. The predicted octanol–water partition coefficient (Wildman–Crippen LogP) is 0.232. The topological polar surface area (TPSA) is 171 Å². The molecule has 0 aliphatic rings. The van der Waals surface area contributed by atoms with Crippen LogP contribution in [0.3, 0.4) is 0 Å².